The van der Waals surface area contributed by atoms with E-state index in [1.165, 1.54) is 6.20 Å². The average Bonchev–Trinajstić information content (AvgIpc) is 2.59. The van der Waals surface area contributed by atoms with Crippen molar-refractivity contribution in [3.63, 3.8) is 0 Å². The second-order valence-electron chi connectivity index (χ2n) is 3.05. The van der Waals surface area contributed by atoms with Crippen LogP contribution in [0, 0.1) is 4.77 Å². The van der Waals surface area contributed by atoms with E-state index in [1.807, 2.05) is 24.3 Å². The average molecular weight is 222 g/mol. The highest BCUT2D eigenvalue weighted by molar-refractivity contribution is 7.71. The Hall–Kier alpha value is -1.75. The molecule has 0 spiro atoms. The van der Waals surface area contributed by atoms with E-state index in [0.29, 0.717) is 0 Å². The Kier molecular flexibility index (Phi) is 2.47. The first-order valence-electron chi connectivity index (χ1n) is 4.36. The van der Waals surface area contributed by atoms with Gasteiger partial charge in [0, 0.05) is 0 Å². The lowest BCUT2D eigenvalue weighted by Crippen LogP contribution is -1.84. The van der Waals surface area contributed by atoms with Crippen LogP contribution in [0.2, 0.25) is 0 Å². The van der Waals surface area contributed by atoms with Gasteiger partial charge in [-0.25, -0.2) is 0 Å². The van der Waals surface area contributed by atoms with Crippen LogP contribution in [0.3, 0.4) is 0 Å². The van der Waals surface area contributed by atoms with Crippen molar-refractivity contribution in [2.75, 3.05) is 7.11 Å². The molecule has 2 rings (SSSR count). The number of H-pyrrole nitrogens is 1. The number of methoxy groups -OCH3 is 1. The number of hydrogen-bond donors (Lipinski definition) is 2. The molecule has 0 atom stereocenters. The monoisotopic (exact) mass is 222 g/mol. The molecule has 1 aromatic heterocycles. The number of nitrogens with one attached hydrogen (secondary N) is 1. The molecule has 15 heavy (non-hydrogen) atoms. The minimum Gasteiger partial charge on any atom is -0.497 e. The molecule has 0 radical (unpaired) electrons. The van der Waals surface area contributed by atoms with Crippen LogP contribution in [-0.4, -0.2) is 22.0 Å². The van der Waals surface area contributed by atoms with Gasteiger partial charge in [0.1, 0.15) is 5.75 Å². The van der Waals surface area contributed by atoms with Gasteiger partial charge in [-0.15, -0.1) is 0 Å². The molecule has 0 saturated heterocycles. The van der Waals surface area contributed by atoms with E-state index >= 15 is 0 Å². The molecule has 2 N–H and O–H groups in total. The summed E-state index contributed by atoms with van der Waals surface area (Å²) < 4.78 is 6.21. The third-order valence-corrected chi connectivity index (χ3v) is 2.39. The smallest absolute Gasteiger partial charge is 0.211 e. The number of hydrogen-bond acceptors (Lipinski definition) is 3. The normalized spacial score (nSPS) is 10.2. The van der Waals surface area contributed by atoms with Gasteiger partial charge in [0.2, 0.25) is 4.77 Å². The Morgan fingerprint density at radius 2 is 2.00 bits per heavy atom. The molecule has 5 heteroatoms. The van der Waals surface area contributed by atoms with Crippen LogP contribution in [0.5, 0.6) is 5.75 Å². The summed E-state index contributed by atoms with van der Waals surface area (Å²) in [4.78, 5) is 2.89. The highest BCUT2D eigenvalue weighted by Gasteiger charge is 2.02. The molecule has 0 fully saturated rings. The van der Waals surface area contributed by atoms with Gasteiger partial charge in [-0.05, 0) is 42.0 Å². The van der Waals surface area contributed by atoms with Crippen molar-refractivity contribution in [3.05, 3.63) is 35.2 Å². The van der Waals surface area contributed by atoms with E-state index in [-0.39, 0.29) is 4.77 Å². The van der Waals surface area contributed by atoms with Crippen molar-refractivity contribution < 1.29 is 9.94 Å². The molecule has 1 aromatic carbocycles. The first-order valence-corrected chi connectivity index (χ1v) is 4.77. The maximum atomic E-state index is 9.26. The van der Waals surface area contributed by atoms with E-state index in [9.17, 15) is 5.21 Å². The summed E-state index contributed by atoms with van der Waals surface area (Å²) in [5.74, 6) is 0.792. The van der Waals surface area contributed by atoms with E-state index in [0.717, 1.165) is 21.7 Å². The fourth-order valence-electron chi connectivity index (χ4n) is 1.30. The van der Waals surface area contributed by atoms with Crippen molar-refractivity contribution in [2.45, 2.75) is 0 Å². The topological polar surface area (TPSA) is 50.2 Å². The molecule has 0 aliphatic rings. The maximum Gasteiger partial charge on any atom is 0.211 e. The third-order valence-electron chi connectivity index (χ3n) is 2.10. The number of nitrogens with zero attached hydrogens (tertiary/aromatic N) is 1. The van der Waals surface area contributed by atoms with Gasteiger partial charge in [0.05, 0.1) is 19.0 Å². The fraction of sp³-hybridized carbons (Fsp3) is 0.100. The minimum absolute atomic E-state index is 0.279. The quantitative estimate of drug-likeness (QED) is 0.606. The molecule has 0 saturated carbocycles. The highest BCUT2D eigenvalue weighted by atomic mass is 32.1. The van der Waals surface area contributed by atoms with Gasteiger partial charge in [0.15, 0.2) is 0 Å². The van der Waals surface area contributed by atoms with Gasteiger partial charge in [-0.2, -0.15) is 4.73 Å². The number of aromatic nitrogens is 2. The van der Waals surface area contributed by atoms with E-state index in [2.05, 4.69) is 4.98 Å². The zero-order chi connectivity index (χ0) is 10.8. The van der Waals surface area contributed by atoms with Crippen LogP contribution in [0.1, 0.15) is 0 Å². The maximum absolute atomic E-state index is 9.26. The SMILES string of the molecule is COc1ccc(-c2cn(O)c(=S)[nH]2)cc1. The molecule has 2 aromatic rings. The number of benzene rings is 1. The lowest BCUT2D eigenvalue weighted by atomic mass is 10.2. The van der Waals surface area contributed by atoms with Crippen LogP contribution < -0.4 is 4.74 Å². The standard InChI is InChI=1S/C10H10N2O2S/c1-14-8-4-2-7(3-5-8)9-6-12(13)10(15)11-9/h2-6,13H,1H3,(H,11,15). The van der Waals surface area contributed by atoms with Crippen molar-refractivity contribution in [1.29, 1.82) is 0 Å². The molecule has 78 valence electrons. The molecule has 1 heterocycles. The van der Waals surface area contributed by atoms with Crippen LogP contribution in [-0.2, 0) is 0 Å². The Labute approximate surface area is 91.7 Å². The van der Waals surface area contributed by atoms with E-state index < -0.39 is 0 Å². The zero-order valence-electron chi connectivity index (χ0n) is 8.10. The van der Waals surface area contributed by atoms with Crippen molar-refractivity contribution in [3.8, 4) is 17.0 Å². The molecule has 0 unspecified atom stereocenters. The largest absolute Gasteiger partial charge is 0.497 e. The fourth-order valence-corrected chi connectivity index (χ4v) is 1.47. The Bertz CT molecular complexity index is 513. The molecule has 4 nitrogen and oxygen atoms in total. The molecular weight excluding hydrogens is 212 g/mol. The van der Waals surface area contributed by atoms with Gasteiger partial charge < -0.3 is 14.9 Å². The molecular formula is C10H10N2O2S. The summed E-state index contributed by atoms with van der Waals surface area (Å²) in [7, 11) is 1.62. The summed E-state index contributed by atoms with van der Waals surface area (Å²) >= 11 is 4.86. The van der Waals surface area contributed by atoms with E-state index in [1.54, 1.807) is 7.11 Å². The summed E-state index contributed by atoms with van der Waals surface area (Å²) in [5, 5.41) is 9.26. The molecule has 0 bridgehead atoms. The molecule has 0 aliphatic carbocycles. The van der Waals surface area contributed by atoms with Crippen LogP contribution in [0.25, 0.3) is 11.3 Å². The predicted octanol–water partition coefficient (Wildman–Crippen LogP) is 2.46. The Morgan fingerprint density at radius 1 is 1.33 bits per heavy atom. The molecule has 0 aliphatic heterocycles. The van der Waals surface area contributed by atoms with Crippen LogP contribution in [0.15, 0.2) is 30.5 Å². The van der Waals surface area contributed by atoms with Gasteiger partial charge in [0.25, 0.3) is 0 Å². The van der Waals surface area contributed by atoms with Gasteiger partial charge in [-0.1, -0.05) is 0 Å². The second kappa shape index (κ2) is 3.78. The first kappa shape index (κ1) is 9.79. The Morgan fingerprint density at radius 3 is 2.47 bits per heavy atom. The lowest BCUT2D eigenvalue weighted by molar-refractivity contribution is 0.182. The van der Waals surface area contributed by atoms with Crippen molar-refractivity contribution >= 4 is 12.2 Å². The van der Waals surface area contributed by atoms with Crippen molar-refractivity contribution in [1.82, 2.24) is 9.71 Å². The second-order valence-corrected chi connectivity index (χ2v) is 3.43. The number of imidazole rings is 1. The minimum atomic E-state index is 0.279. The van der Waals surface area contributed by atoms with Crippen molar-refractivity contribution in [2.24, 2.45) is 0 Å². The summed E-state index contributed by atoms with van der Waals surface area (Å²) in [6.07, 6.45) is 1.53. The summed E-state index contributed by atoms with van der Waals surface area (Å²) in [5.41, 5.74) is 1.71. The summed E-state index contributed by atoms with van der Waals surface area (Å²) in [6.45, 7) is 0. The predicted molar refractivity (Wildman–Crippen MR) is 58.8 cm³/mol. The van der Waals surface area contributed by atoms with Gasteiger partial charge in [-0.3, -0.25) is 0 Å². The van der Waals surface area contributed by atoms with Crippen LogP contribution in [0.4, 0.5) is 0 Å². The number of rotatable bonds is 2. The Balaban J connectivity index is 2.41. The highest BCUT2D eigenvalue weighted by Crippen LogP contribution is 2.20. The number of ether oxygens (including phenoxy) is 1. The lowest BCUT2D eigenvalue weighted by Gasteiger charge is -2.00. The number of aromatic amines is 1. The zero-order valence-corrected chi connectivity index (χ0v) is 8.91. The molecule has 0 amide bonds. The third kappa shape index (κ3) is 1.87. The first-order chi connectivity index (χ1) is 7.20. The van der Waals surface area contributed by atoms with Crippen LogP contribution >= 0.6 is 12.2 Å². The van der Waals surface area contributed by atoms with Gasteiger partial charge >= 0.3 is 0 Å². The summed E-state index contributed by atoms with van der Waals surface area (Å²) in [6, 6.07) is 7.47. The van der Waals surface area contributed by atoms with E-state index in [4.69, 9.17) is 17.0 Å².